The summed E-state index contributed by atoms with van der Waals surface area (Å²) in [5, 5.41) is 2.91. The summed E-state index contributed by atoms with van der Waals surface area (Å²) in [6.45, 7) is 8.16. The Morgan fingerprint density at radius 2 is 1.89 bits per heavy atom. The van der Waals surface area contributed by atoms with Gasteiger partial charge in [0.2, 0.25) is 0 Å². The topological polar surface area (TPSA) is 44.9 Å². The zero-order valence-electron chi connectivity index (χ0n) is 11.5. The molecule has 0 unspecified atom stereocenters. The van der Waals surface area contributed by atoms with Crippen LogP contribution in [0.1, 0.15) is 44.5 Å². The highest BCUT2D eigenvalue weighted by atomic mass is 16.1. The summed E-state index contributed by atoms with van der Waals surface area (Å²) >= 11 is 0. The molecule has 1 aliphatic rings. The van der Waals surface area contributed by atoms with E-state index in [2.05, 4.69) is 30.3 Å². The van der Waals surface area contributed by atoms with E-state index in [1.165, 1.54) is 11.1 Å². The van der Waals surface area contributed by atoms with Crippen LogP contribution in [-0.4, -0.2) is 10.9 Å². The van der Waals surface area contributed by atoms with E-state index in [-0.39, 0.29) is 5.91 Å². The van der Waals surface area contributed by atoms with Crippen LogP contribution in [0.15, 0.2) is 23.0 Å². The molecule has 18 heavy (non-hydrogen) atoms. The summed E-state index contributed by atoms with van der Waals surface area (Å²) in [4.78, 5) is 14.9. The fourth-order valence-corrected chi connectivity index (χ4v) is 2.34. The van der Waals surface area contributed by atoms with Crippen LogP contribution in [0.3, 0.4) is 0 Å². The first-order valence-corrected chi connectivity index (χ1v) is 6.48. The highest BCUT2D eigenvalue weighted by Crippen LogP contribution is 2.24. The van der Waals surface area contributed by atoms with Crippen molar-refractivity contribution in [3.05, 3.63) is 39.9 Å². The minimum atomic E-state index is 0.0130. The second-order valence-corrected chi connectivity index (χ2v) is 4.68. The van der Waals surface area contributed by atoms with Crippen molar-refractivity contribution in [1.29, 1.82) is 0 Å². The second kappa shape index (κ2) is 4.84. The molecule has 0 saturated carbocycles. The van der Waals surface area contributed by atoms with E-state index < -0.39 is 0 Å². The normalized spacial score (nSPS) is 17.8. The SMILES string of the molecule is CCc1c[nH]c(/C=C2\NC(=O)C(C)=C2C)c1CC. The molecule has 1 aromatic heterocycles. The van der Waals surface area contributed by atoms with Crippen LogP contribution in [0.25, 0.3) is 6.08 Å². The van der Waals surface area contributed by atoms with Crippen molar-refractivity contribution in [2.45, 2.75) is 40.5 Å². The van der Waals surface area contributed by atoms with Crippen molar-refractivity contribution in [2.75, 3.05) is 0 Å². The van der Waals surface area contributed by atoms with Crippen LogP contribution in [0.5, 0.6) is 0 Å². The molecule has 1 aliphatic heterocycles. The Balaban J connectivity index is 2.41. The van der Waals surface area contributed by atoms with Crippen LogP contribution in [0, 0.1) is 0 Å². The van der Waals surface area contributed by atoms with Gasteiger partial charge in [-0.05, 0) is 49.5 Å². The Morgan fingerprint density at radius 1 is 1.17 bits per heavy atom. The lowest BCUT2D eigenvalue weighted by molar-refractivity contribution is -0.116. The quantitative estimate of drug-likeness (QED) is 0.843. The molecule has 2 N–H and O–H groups in total. The molecule has 2 rings (SSSR count). The van der Waals surface area contributed by atoms with Gasteiger partial charge in [0.1, 0.15) is 0 Å². The summed E-state index contributed by atoms with van der Waals surface area (Å²) in [6.07, 6.45) is 6.14. The first kappa shape index (κ1) is 12.7. The maximum atomic E-state index is 11.6. The third kappa shape index (κ3) is 2.01. The molecule has 2 heterocycles. The summed E-state index contributed by atoms with van der Waals surface area (Å²) in [5.74, 6) is 0.0130. The molecule has 1 amide bonds. The third-order valence-corrected chi connectivity index (χ3v) is 3.69. The monoisotopic (exact) mass is 244 g/mol. The van der Waals surface area contributed by atoms with Crippen LogP contribution in [-0.2, 0) is 17.6 Å². The lowest BCUT2D eigenvalue weighted by Crippen LogP contribution is -2.15. The van der Waals surface area contributed by atoms with Crippen molar-refractivity contribution in [3.63, 3.8) is 0 Å². The van der Waals surface area contributed by atoms with Crippen molar-refractivity contribution in [2.24, 2.45) is 0 Å². The second-order valence-electron chi connectivity index (χ2n) is 4.68. The first-order valence-electron chi connectivity index (χ1n) is 6.48. The molecule has 1 aromatic rings. The smallest absolute Gasteiger partial charge is 0.251 e. The molecule has 0 atom stereocenters. The van der Waals surface area contributed by atoms with Gasteiger partial charge in [-0.25, -0.2) is 0 Å². The van der Waals surface area contributed by atoms with Crippen molar-refractivity contribution in [1.82, 2.24) is 10.3 Å². The fraction of sp³-hybridized carbons (Fsp3) is 0.400. The zero-order chi connectivity index (χ0) is 13.3. The molecular weight excluding hydrogens is 224 g/mol. The van der Waals surface area contributed by atoms with Crippen LogP contribution >= 0.6 is 0 Å². The molecule has 96 valence electrons. The van der Waals surface area contributed by atoms with E-state index in [0.717, 1.165) is 35.4 Å². The molecule has 0 spiro atoms. The zero-order valence-corrected chi connectivity index (χ0v) is 11.5. The minimum absolute atomic E-state index is 0.0130. The number of carbonyl (C=O) groups is 1. The number of carbonyl (C=O) groups excluding carboxylic acids is 1. The Bertz CT molecular complexity index is 547. The predicted octanol–water partition coefficient (Wildman–Crippen LogP) is 2.95. The maximum Gasteiger partial charge on any atom is 0.251 e. The number of aromatic amines is 1. The highest BCUT2D eigenvalue weighted by Gasteiger charge is 2.20. The van der Waals surface area contributed by atoms with Gasteiger partial charge in [0.25, 0.3) is 5.91 Å². The average molecular weight is 244 g/mol. The van der Waals surface area contributed by atoms with Crippen molar-refractivity contribution in [3.8, 4) is 0 Å². The van der Waals surface area contributed by atoms with Gasteiger partial charge < -0.3 is 10.3 Å². The predicted molar refractivity (Wildman–Crippen MR) is 74.0 cm³/mol. The Hall–Kier alpha value is -1.77. The van der Waals surface area contributed by atoms with Crippen molar-refractivity contribution < 1.29 is 4.79 Å². The number of aryl methyl sites for hydroxylation is 1. The van der Waals surface area contributed by atoms with Gasteiger partial charge in [-0.1, -0.05) is 13.8 Å². The van der Waals surface area contributed by atoms with E-state index in [4.69, 9.17) is 0 Å². The molecule has 0 bridgehead atoms. The number of H-pyrrole nitrogens is 1. The number of aromatic nitrogens is 1. The first-order chi connectivity index (χ1) is 8.58. The molecule has 0 aliphatic carbocycles. The molecule has 0 fully saturated rings. The van der Waals surface area contributed by atoms with Gasteiger partial charge in [0.15, 0.2) is 0 Å². The highest BCUT2D eigenvalue weighted by molar-refractivity contribution is 6.00. The summed E-state index contributed by atoms with van der Waals surface area (Å²) in [7, 11) is 0. The van der Waals surface area contributed by atoms with Gasteiger partial charge in [-0.2, -0.15) is 0 Å². The largest absolute Gasteiger partial charge is 0.361 e. The molecule has 0 saturated heterocycles. The number of allylic oxidation sites excluding steroid dienone is 1. The van der Waals surface area contributed by atoms with E-state index in [1.54, 1.807) is 0 Å². The molecule has 0 radical (unpaired) electrons. The van der Waals surface area contributed by atoms with Crippen LogP contribution in [0.4, 0.5) is 0 Å². The number of amides is 1. The average Bonchev–Trinajstić information content (AvgIpc) is 2.87. The van der Waals surface area contributed by atoms with Crippen LogP contribution < -0.4 is 5.32 Å². The number of hydrogen-bond donors (Lipinski definition) is 2. The number of hydrogen-bond acceptors (Lipinski definition) is 1. The van der Waals surface area contributed by atoms with Gasteiger partial charge in [-0.3, -0.25) is 4.79 Å². The number of nitrogens with one attached hydrogen (secondary N) is 2. The van der Waals surface area contributed by atoms with Crippen LogP contribution in [0.2, 0.25) is 0 Å². The van der Waals surface area contributed by atoms with E-state index in [0.29, 0.717) is 0 Å². The third-order valence-electron chi connectivity index (χ3n) is 3.69. The van der Waals surface area contributed by atoms with E-state index >= 15 is 0 Å². The summed E-state index contributed by atoms with van der Waals surface area (Å²) in [6, 6.07) is 0. The van der Waals surface area contributed by atoms with E-state index in [9.17, 15) is 4.79 Å². The Kier molecular flexibility index (Phi) is 3.41. The van der Waals surface area contributed by atoms with Gasteiger partial charge in [0.05, 0.1) is 0 Å². The van der Waals surface area contributed by atoms with Crippen molar-refractivity contribution >= 4 is 12.0 Å². The van der Waals surface area contributed by atoms with Gasteiger partial charge in [-0.15, -0.1) is 0 Å². The lowest BCUT2D eigenvalue weighted by Gasteiger charge is -2.03. The Morgan fingerprint density at radius 3 is 2.39 bits per heavy atom. The van der Waals surface area contributed by atoms with E-state index in [1.807, 2.05) is 19.9 Å². The van der Waals surface area contributed by atoms with Gasteiger partial charge >= 0.3 is 0 Å². The lowest BCUT2D eigenvalue weighted by atomic mass is 10.0. The number of rotatable bonds is 3. The maximum absolute atomic E-state index is 11.6. The minimum Gasteiger partial charge on any atom is -0.361 e. The van der Waals surface area contributed by atoms with Gasteiger partial charge in [0, 0.05) is 23.2 Å². The summed E-state index contributed by atoms with van der Waals surface area (Å²) < 4.78 is 0. The molecule has 3 nitrogen and oxygen atoms in total. The molecular formula is C15H20N2O. The standard InChI is InChI=1S/C15H20N2O/c1-5-11-8-16-14(12(11)6-2)7-13-9(3)10(4)15(18)17-13/h7-8,16H,5-6H2,1-4H3,(H,17,18)/b13-7-. The Labute approximate surface area is 108 Å². The fourth-order valence-electron chi connectivity index (χ4n) is 2.34. The molecule has 0 aromatic carbocycles. The molecule has 3 heteroatoms. The summed E-state index contributed by atoms with van der Waals surface area (Å²) in [5.41, 5.74) is 6.57.